The minimum absolute atomic E-state index is 0.0232. The average molecular weight is 298 g/mol. The normalized spacial score (nSPS) is 12.9. The monoisotopic (exact) mass is 297 g/mol. The van der Waals surface area contributed by atoms with Crippen LogP contribution in [-0.4, -0.2) is 27.5 Å². The number of aromatic nitrogens is 2. The molecule has 5 nitrogen and oxygen atoms in total. The third kappa shape index (κ3) is 1.94. The third-order valence-electron chi connectivity index (χ3n) is 2.67. The van der Waals surface area contributed by atoms with Gasteiger partial charge in [0.1, 0.15) is 5.82 Å². The van der Waals surface area contributed by atoms with Gasteiger partial charge in [0.25, 0.3) is 0 Å². The van der Waals surface area contributed by atoms with Crippen LogP contribution in [0, 0.1) is 0 Å². The van der Waals surface area contributed by atoms with E-state index in [1.54, 1.807) is 10.5 Å². The molecule has 0 radical (unpaired) electrons. The standard InChI is InChI=1S/C11H12BrN3O2/c1-6(13-2)10-14-8(11(16)17)9-7(12)4-3-5-15(9)10/h3-6,13H,1-2H3,(H,16,17). The second kappa shape index (κ2) is 4.46. The summed E-state index contributed by atoms with van der Waals surface area (Å²) in [6.45, 7) is 1.93. The number of pyridine rings is 1. The molecule has 0 aliphatic carbocycles. The van der Waals surface area contributed by atoms with Gasteiger partial charge in [0.15, 0.2) is 5.69 Å². The van der Waals surface area contributed by atoms with Gasteiger partial charge in [-0.15, -0.1) is 0 Å². The van der Waals surface area contributed by atoms with Crippen LogP contribution >= 0.6 is 15.9 Å². The summed E-state index contributed by atoms with van der Waals surface area (Å²) in [7, 11) is 1.81. The fourth-order valence-corrected chi connectivity index (χ4v) is 2.24. The molecule has 2 aromatic heterocycles. The first-order chi connectivity index (χ1) is 8.06. The first-order valence-electron chi connectivity index (χ1n) is 5.13. The highest BCUT2D eigenvalue weighted by molar-refractivity contribution is 9.10. The lowest BCUT2D eigenvalue weighted by molar-refractivity contribution is 0.0693. The highest BCUT2D eigenvalue weighted by Gasteiger charge is 2.20. The molecule has 2 aromatic rings. The summed E-state index contributed by atoms with van der Waals surface area (Å²) in [6.07, 6.45) is 1.81. The van der Waals surface area contributed by atoms with Gasteiger partial charge < -0.3 is 14.8 Å². The van der Waals surface area contributed by atoms with E-state index in [0.29, 0.717) is 11.3 Å². The van der Waals surface area contributed by atoms with Crippen LogP contribution in [0.5, 0.6) is 0 Å². The zero-order valence-electron chi connectivity index (χ0n) is 9.44. The molecule has 0 amide bonds. The van der Waals surface area contributed by atoms with Gasteiger partial charge in [0.2, 0.25) is 0 Å². The van der Waals surface area contributed by atoms with E-state index in [9.17, 15) is 4.79 Å². The van der Waals surface area contributed by atoms with Gasteiger partial charge in [-0.05, 0) is 42.0 Å². The van der Waals surface area contributed by atoms with Crippen molar-refractivity contribution in [3.05, 3.63) is 34.3 Å². The molecule has 2 heterocycles. The number of hydrogen-bond acceptors (Lipinski definition) is 3. The number of carbonyl (C=O) groups is 1. The van der Waals surface area contributed by atoms with E-state index >= 15 is 0 Å². The lowest BCUT2D eigenvalue weighted by Crippen LogP contribution is -2.15. The highest BCUT2D eigenvalue weighted by atomic mass is 79.9. The Labute approximate surface area is 107 Å². The van der Waals surface area contributed by atoms with Crippen LogP contribution in [0.3, 0.4) is 0 Å². The zero-order chi connectivity index (χ0) is 12.6. The van der Waals surface area contributed by atoms with E-state index < -0.39 is 5.97 Å². The number of aromatic carboxylic acids is 1. The molecule has 0 saturated heterocycles. The van der Waals surface area contributed by atoms with Gasteiger partial charge in [-0.2, -0.15) is 0 Å². The van der Waals surface area contributed by atoms with E-state index in [1.807, 2.05) is 26.2 Å². The molecular formula is C11H12BrN3O2. The number of halogens is 1. The van der Waals surface area contributed by atoms with Crippen molar-refractivity contribution >= 4 is 27.4 Å². The number of carboxylic acids is 1. The first kappa shape index (κ1) is 12.1. The van der Waals surface area contributed by atoms with Crippen molar-refractivity contribution in [2.24, 2.45) is 0 Å². The van der Waals surface area contributed by atoms with E-state index in [0.717, 1.165) is 4.47 Å². The Morgan fingerprint density at radius 3 is 2.94 bits per heavy atom. The zero-order valence-corrected chi connectivity index (χ0v) is 11.0. The second-order valence-corrected chi connectivity index (χ2v) is 4.56. The predicted molar refractivity (Wildman–Crippen MR) is 67.3 cm³/mol. The molecule has 0 fully saturated rings. The Balaban J connectivity index is 2.80. The number of fused-ring (bicyclic) bond motifs is 1. The SMILES string of the molecule is CNC(C)c1nc(C(=O)O)c2c(Br)cccn12. The van der Waals surface area contributed by atoms with Crippen LogP contribution in [0.25, 0.3) is 5.52 Å². The minimum atomic E-state index is -1.02. The summed E-state index contributed by atoms with van der Waals surface area (Å²) < 4.78 is 2.51. The Morgan fingerprint density at radius 2 is 2.35 bits per heavy atom. The van der Waals surface area contributed by atoms with Crippen LogP contribution in [0.2, 0.25) is 0 Å². The Kier molecular flexibility index (Phi) is 3.17. The molecule has 0 bridgehead atoms. The summed E-state index contributed by atoms with van der Waals surface area (Å²) in [5, 5.41) is 12.2. The number of carboxylic acid groups (broad SMARTS) is 1. The van der Waals surface area contributed by atoms with E-state index in [2.05, 4.69) is 26.2 Å². The van der Waals surface area contributed by atoms with Gasteiger partial charge in [-0.3, -0.25) is 0 Å². The number of imidazole rings is 1. The molecule has 2 rings (SSSR count). The molecule has 2 N–H and O–H groups in total. The number of hydrogen-bond donors (Lipinski definition) is 2. The number of rotatable bonds is 3. The maximum atomic E-state index is 11.2. The van der Waals surface area contributed by atoms with Crippen LogP contribution < -0.4 is 5.32 Å². The molecular weight excluding hydrogens is 286 g/mol. The van der Waals surface area contributed by atoms with Crippen molar-refractivity contribution in [1.82, 2.24) is 14.7 Å². The molecule has 17 heavy (non-hydrogen) atoms. The smallest absolute Gasteiger partial charge is 0.356 e. The summed E-state index contributed by atoms with van der Waals surface area (Å²) in [6, 6.07) is 3.62. The maximum Gasteiger partial charge on any atom is 0.356 e. The average Bonchev–Trinajstić information content (AvgIpc) is 2.69. The van der Waals surface area contributed by atoms with Crippen molar-refractivity contribution in [3.63, 3.8) is 0 Å². The van der Waals surface area contributed by atoms with Crippen LogP contribution in [0.4, 0.5) is 0 Å². The van der Waals surface area contributed by atoms with Crippen molar-refractivity contribution in [2.75, 3.05) is 7.05 Å². The third-order valence-corrected chi connectivity index (χ3v) is 3.31. The second-order valence-electron chi connectivity index (χ2n) is 3.71. The summed E-state index contributed by atoms with van der Waals surface area (Å²) in [4.78, 5) is 15.4. The highest BCUT2D eigenvalue weighted by Crippen LogP contribution is 2.25. The number of nitrogens with one attached hydrogen (secondary N) is 1. The molecule has 0 aromatic carbocycles. The molecule has 1 unspecified atom stereocenters. The topological polar surface area (TPSA) is 66.6 Å². The largest absolute Gasteiger partial charge is 0.476 e. The minimum Gasteiger partial charge on any atom is -0.476 e. The van der Waals surface area contributed by atoms with Crippen LogP contribution in [0.15, 0.2) is 22.8 Å². The van der Waals surface area contributed by atoms with Gasteiger partial charge in [0.05, 0.1) is 11.6 Å². The predicted octanol–water partition coefficient (Wildman–Crippen LogP) is 2.08. The lowest BCUT2D eigenvalue weighted by atomic mass is 10.3. The van der Waals surface area contributed by atoms with Gasteiger partial charge in [0, 0.05) is 10.7 Å². The van der Waals surface area contributed by atoms with Crippen molar-refractivity contribution in [2.45, 2.75) is 13.0 Å². The molecule has 90 valence electrons. The molecule has 1 atom stereocenters. The fraction of sp³-hybridized carbons (Fsp3) is 0.273. The fourth-order valence-electron chi connectivity index (χ4n) is 1.71. The van der Waals surface area contributed by atoms with E-state index in [-0.39, 0.29) is 11.7 Å². The Morgan fingerprint density at radius 1 is 1.65 bits per heavy atom. The Hall–Kier alpha value is -1.40. The molecule has 0 aliphatic heterocycles. The first-order valence-corrected chi connectivity index (χ1v) is 5.92. The van der Waals surface area contributed by atoms with Gasteiger partial charge >= 0.3 is 5.97 Å². The number of nitrogens with zero attached hydrogens (tertiary/aromatic N) is 2. The quantitative estimate of drug-likeness (QED) is 0.910. The van der Waals surface area contributed by atoms with E-state index in [1.165, 1.54) is 0 Å². The van der Waals surface area contributed by atoms with Crippen LogP contribution in [-0.2, 0) is 0 Å². The molecule has 0 saturated carbocycles. The summed E-state index contributed by atoms with van der Waals surface area (Å²) in [5.74, 6) is -0.342. The van der Waals surface area contributed by atoms with E-state index in [4.69, 9.17) is 5.11 Å². The summed E-state index contributed by atoms with van der Waals surface area (Å²) >= 11 is 3.36. The van der Waals surface area contributed by atoms with Crippen molar-refractivity contribution in [3.8, 4) is 0 Å². The molecule has 0 aliphatic rings. The lowest BCUT2D eigenvalue weighted by Gasteiger charge is -2.08. The summed E-state index contributed by atoms with van der Waals surface area (Å²) in [5.41, 5.74) is 0.645. The maximum absolute atomic E-state index is 11.2. The molecule has 0 spiro atoms. The molecule has 6 heteroatoms. The Bertz CT molecular complexity index is 579. The van der Waals surface area contributed by atoms with Crippen LogP contribution in [0.1, 0.15) is 29.3 Å². The van der Waals surface area contributed by atoms with Gasteiger partial charge in [-0.25, -0.2) is 9.78 Å². The van der Waals surface area contributed by atoms with Gasteiger partial charge in [-0.1, -0.05) is 0 Å². The van der Waals surface area contributed by atoms with Crippen molar-refractivity contribution < 1.29 is 9.90 Å². The van der Waals surface area contributed by atoms with Crippen molar-refractivity contribution in [1.29, 1.82) is 0 Å².